The normalized spacial score (nSPS) is 26.2. The fraction of sp³-hybridized carbons (Fsp3) is 0.452. The number of fused-ring (bicyclic) bond motifs is 2. The molecule has 6 rings (SSSR count). The van der Waals surface area contributed by atoms with Crippen molar-refractivity contribution in [3.63, 3.8) is 0 Å². The summed E-state index contributed by atoms with van der Waals surface area (Å²) in [6.07, 6.45) is 2.98. The van der Waals surface area contributed by atoms with Gasteiger partial charge in [0, 0.05) is 30.8 Å². The Hall–Kier alpha value is -3.53. The van der Waals surface area contributed by atoms with Crippen LogP contribution in [0.3, 0.4) is 0 Å². The van der Waals surface area contributed by atoms with Gasteiger partial charge in [-0.15, -0.1) is 0 Å². The van der Waals surface area contributed by atoms with Gasteiger partial charge in [0.15, 0.2) is 0 Å². The van der Waals surface area contributed by atoms with Crippen LogP contribution in [0.2, 0.25) is 0 Å². The first-order valence-electron chi connectivity index (χ1n) is 13.9. The van der Waals surface area contributed by atoms with Gasteiger partial charge in [0.1, 0.15) is 11.7 Å². The van der Waals surface area contributed by atoms with Gasteiger partial charge >= 0.3 is 0 Å². The second-order valence-electron chi connectivity index (χ2n) is 12.0. The van der Waals surface area contributed by atoms with E-state index in [1.54, 1.807) is 0 Å². The molecule has 2 aliphatic heterocycles. The molecule has 2 aromatic carbocycles. The van der Waals surface area contributed by atoms with Gasteiger partial charge in [-0.2, -0.15) is 0 Å². The van der Waals surface area contributed by atoms with Crippen LogP contribution >= 0.6 is 0 Å². The molecular weight excluding hydrogens is 508 g/mol. The highest BCUT2D eigenvalue weighted by molar-refractivity contribution is 6.09. The predicted octanol–water partition coefficient (Wildman–Crippen LogP) is 3.30. The Kier molecular flexibility index (Phi) is 6.98. The SMILES string of the molecule is CC(C)(C)c1ccc(N(C(=O)c2c[nH]cn2)C(C(=O)N[C@@H]2c3ccccc3C[C@@H]2O)C2COC3CCOC32)cc1. The zero-order valence-corrected chi connectivity index (χ0v) is 23.0. The monoisotopic (exact) mass is 544 g/mol. The number of aliphatic hydroxyl groups excluding tert-OH is 1. The number of nitrogens with one attached hydrogen (secondary N) is 2. The minimum atomic E-state index is -0.960. The summed E-state index contributed by atoms with van der Waals surface area (Å²) in [7, 11) is 0. The summed E-state index contributed by atoms with van der Waals surface area (Å²) in [5.74, 6) is -1.18. The van der Waals surface area contributed by atoms with Crippen LogP contribution in [0, 0.1) is 5.92 Å². The standard InChI is InChI=1S/C31H36N4O5/c1-31(2,3)19-8-10-20(11-9-19)35(30(38)23-15-32-17-33-23)27(22-16-40-25-12-13-39-28(22)25)29(37)34-26-21-7-5-4-6-18(21)14-24(26)36/h4-11,15,17,22,24-28,36H,12-14,16H2,1-3H3,(H,32,33)(H,34,37)/t22?,24-,25?,26+,27?,28?/m0/s1. The number of amides is 2. The average Bonchev–Trinajstić information content (AvgIpc) is 3.73. The molecule has 4 unspecified atom stereocenters. The molecule has 3 aliphatic rings. The van der Waals surface area contributed by atoms with Gasteiger partial charge in [-0.3, -0.25) is 14.5 Å². The van der Waals surface area contributed by atoms with E-state index in [9.17, 15) is 14.7 Å². The molecule has 3 N–H and O–H groups in total. The van der Waals surface area contributed by atoms with Gasteiger partial charge in [-0.1, -0.05) is 57.2 Å². The molecule has 0 bridgehead atoms. The van der Waals surface area contributed by atoms with Crippen molar-refractivity contribution in [1.82, 2.24) is 15.3 Å². The van der Waals surface area contributed by atoms with E-state index >= 15 is 0 Å². The Morgan fingerprint density at radius 1 is 1.12 bits per heavy atom. The molecule has 2 fully saturated rings. The minimum absolute atomic E-state index is 0.0808. The zero-order valence-electron chi connectivity index (χ0n) is 23.0. The van der Waals surface area contributed by atoms with Crippen LogP contribution in [0.5, 0.6) is 0 Å². The van der Waals surface area contributed by atoms with Crippen molar-refractivity contribution in [3.05, 3.63) is 83.4 Å². The number of hydrogen-bond donors (Lipinski definition) is 3. The number of H-pyrrole nitrogens is 1. The lowest BCUT2D eigenvalue weighted by molar-refractivity contribution is -0.126. The molecule has 0 saturated carbocycles. The number of anilines is 1. The summed E-state index contributed by atoms with van der Waals surface area (Å²) < 4.78 is 12.1. The van der Waals surface area contributed by atoms with Gasteiger partial charge in [0.25, 0.3) is 5.91 Å². The third kappa shape index (κ3) is 4.82. The number of nitrogens with zero attached hydrogens (tertiary/aromatic N) is 2. The molecule has 1 aliphatic carbocycles. The first kappa shape index (κ1) is 26.7. The minimum Gasteiger partial charge on any atom is -0.390 e. The molecule has 6 atom stereocenters. The maximum Gasteiger partial charge on any atom is 0.279 e. The Morgan fingerprint density at radius 2 is 1.90 bits per heavy atom. The van der Waals surface area contributed by atoms with Crippen LogP contribution in [-0.4, -0.2) is 64.5 Å². The number of hydrogen-bond acceptors (Lipinski definition) is 6. The number of aromatic nitrogens is 2. The molecule has 3 aromatic rings. The average molecular weight is 545 g/mol. The number of aromatic amines is 1. The molecule has 2 amide bonds. The first-order chi connectivity index (χ1) is 19.2. The molecule has 0 radical (unpaired) electrons. The highest BCUT2D eigenvalue weighted by Crippen LogP contribution is 2.38. The largest absolute Gasteiger partial charge is 0.390 e. The molecule has 40 heavy (non-hydrogen) atoms. The highest BCUT2D eigenvalue weighted by atomic mass is 16.6. The predicted molar refractivity (Wildman–Crippen MR) is 149 cm³/mol. The van der Waals surface area contributed by atoms with E-state index in [0.29, 0.717) is 18.7 Å². The number of ether oxygens (including phenoxy) is 2. The number of rotatable bonds is 6. The Labute approximate surface area is 233 Å². The topological polar surface area (TPSA) is 117 Å². The number of imidazole rings is 1. The lowest BCUT2D eigenvalue weighted by Crippen LogP contribution is -2.57. The third-order valence-corrected chi connectivity index (χ3v) is 8.41. The zero-order chi connectivity index (χ0) is 28.0. The molecule has 9 nitrogen and oxygen atoms in total. The smallest absolute Gasteiger partial charge is 0.279 e. The van der Waals surface area contributed by atoms with Crippen molar-refractivity contribution in [2.75, 3.05) is 18.1 Å². The van der Waals surface area contributed by atoms with E-state index in [4.69, 9.17) is 9.47 Å². The second-order valence-corrected chi connectivity index (χ2v) is 12.0. The van der Waals surface area contributed by atoms with Crippen molar-refractivity contribution in [1.29, 1.82) is 0 Å². The first-order valence-corrected chi connectivity index (χ1v) is 13.9. The third-order valence-electron chi connectivity index (χ3n) is 8.41. The van der Waals surface area contributed by atoms with Crippen LogP contribution < -0.4 is 10.2 Å². The van der Waals surface area contributed by atoms with E-state index in [1.165, 1.54) is 17.4 Å². The van der Waals surface area contributed by atoms with Gasteiger partial charge in [-0.05, 0) is 40.7 Å². The summed E-state index contributed by atoms with van der Waals surface area (Å²) >= 11 is 0. The maximum atomic E-state index is 14.4. The highest BCUT2D eigenvalue weighted by Gasteiger charge is 2.51. The molecule has 9 heteroatoms. The summed E-state index contributed by atoms with van der Waals surface area (Å²) in [4.78, 5) is 37.1. The quantitative estimate of drug-likeness (QED) is 0.439. The van der Waals surface area contributed by atoms with Gasteiger partial charge in [-0.25, -0.2) is 4.98 Å². The van der Waals surface area contributed by atoms with Crippen LogP contribution in [0.15, 0.2) is 61.1 Å². The summed E-state index contributed by atoms with van der Waals surface area (Å²) in [5.41, 5.74) is 3.70. The van der Waals surface area contributed by atoms with Crippen molar-refractivity contribution in [2.45, 2.75) is 69.4 Å². The molecular formula is C31H36N4O5. The van der Waals surface area contributed by atoms with Crippen LogP contribution in [0.1, 0.15) is 60.4 Å². The number of aliphatic hydroxyl groups is 1. The second kappa shape index (κ2) is 10.5. The molecule has 0 spiro atoms. The summed E-state index contributed by atoms with van der Waals surface area (Å²) in [6, 6.07) is 13.9. The van der Waals surface area contributed by atoms with Crippen LogP contribution in [0.4, 0.5) is 5.69 Å². The van der Waals surface area contributed by atoms with Gasteiger partial charge in [0.2, 0.25) is 5.91 Å². The van der Waals surface area contributed by atoms with Gasteiger partial charge in [0.05, 0.1) is 37.3 Å². The van der Waals surface area contributed by atoms with E-state index in [1.807, 2.05) is 48.5 Å². The molecule has 3 heterocycles. The molecule has 210 valence electrons. The van der Waals surface area contributed by atoms with E-state index < -0.39 is 30.0 Å². The van der Waals surface area contributed by atoms with Crippen molar-refractivity contribution in [3.8, 4) is 0 Å². The van der Waals surface area contributed by atoms with Crippen molar-refractivity contribution < 1.29 is 24.2 Å². The molecule has 1 aromatic heterocycles. The van der Waals surface area contributed by atoms with E-state index in [0.717, 1.165) is 23.1 Å². The Bertz CT molecular complexity index is 1370. The maximum absolute atomic E-state index is 14.4. The summed E-state index contributed by atoms with van der Waals surface area (Å²) in [6.45, 7) is 7.21. The fourth-order valence-corrected chi connectivity index (χ4v) is 6.29. The van der Waals surface area contributed by atoms with Crippen molar-refractivity contribution >= 4 is 17.5 Å². The van der Waals surface area contributed by atoms with E-state index in [-0.39, 0.29) is 35.8 Å². The Morgan fingerprint density at radius 3 is 2.62 bits per heavy atom. The van der Waals surface area contributed by atoms with Gasteiger partial charge < -0.3 is 24.9 Å². The lowest BCUT2D eigenvalue weighted by Gasteiger charge is -2.36. The summed E-state index contributed by atoms with van der Waals surface area (Å²) in [5, 5.41) is 14.0. The van der Waals surface area contributed by atoms with Crippen LogP contribution in [-0.2, 0) is 26.1 Å². The van der Waals surface area contributed by atoms with E-state index in [2.05, 4.69) is 36.1 Å². The van der Waals surface area contributed by atoms with Crippen molar-refractivity contribution in [2.24, 2.45) is 5.92 Å². The number of benzene rings is 2. The lowest BCUT2D eigenvalue weighted by atomic mass is 9.86. The number of carbonyl (C=O) groups is 2. The van der Waals surface area contributed by atoms with Crippen LogP contribution in [0.25, 0.3) is 0 Å². The fourth-order valence-electron chi connectivity index (χ4n) is 6.29. The Balaban J connectivity index is 1.42. The number of carbonyl (C=O) groups excluding carboxylic acids is 2. The molecule has 2 saturated heterocycles.